The molecule has 0 saturated carbocycles. The minimum atomic E-state index is -0.445. The predicted molar refractivity (Wildman–Crippen MR) is 192 cm³/mol. The van der Waals surface area contributed by atoms with Gasteiger partial charge in [0, 0.05) is 92.5 Å². The van der Waals surface area contributed by atoms with Crippen LogP contribution in [0.15, 0.2) is 48.7 Å². The molecule has 2 N–H and O–H groups in total. The molecule has 1 aliphatic carbocycles. The first-order valence-corrected chi connectivity index (χ1v) is 17.7. The van der Waals surface area contributed by atoms with Crippen LogP contribution >= 0.6 is 11.6 Å². The van der Waals surface area contributed by atoms with E-state index in [0.29, 0.717) is 88.7 Å². The minimum Gasteiger partial charge on any atom is -0.481 e. The minimum absolute atomic E-state index is 0.0333. The van der Waals surface area contributed by atoms with Gasteiger partial charge in [-0.15, -0.1) is 0 Å². The lowest BCUT2D eigenvalue weighted by Gasteiger charge is -2.34. The Morgan fingerprint density at radius 3 is 2.37 bits per heavy atom. The third-order valence-corrected chi connectivity index (χ3v) is 10.5. The van der Waals surface area contributed by atoms with Gasteiger partial charge in [-0.2, -0.15) is 0 Å². The number of hydrogen-bond donors (Lipinski definition) is 2. The highest BCUT2D eigenvalue weighted by Gasteiger charge is 2.31. The third kappa shape index (κ3) is 7.13. The molecule has 51 heavy (non-hydrogen) atoms. The molecular weight excluding hydrogens is 673 g/mol. The van der Waals surface area contributed by atoms with E-state index < -0.39 is 5.82 Å². The molecule has 0 spiro atoms. The molecule has 0 bridgehead atoms. The van der Waals surface area contributed by atoms with Gasteiger partial charge in [0.15, 0.2) is 0 Å². The number of nitrogens with zero attached hydrogens (tertiary/aromatic N) is 5. The molecule has 2 unspecified atom stereocenters. The Labute approximate surface area is 301 Å². The number of methoxy groups -OCH3 is 2. The Hall–Kier alpha value is -4.65. The quantitative estimate of drug-likeness (QED) is 0.228. The van der Waals surface area contributed by atoms with Crippen molar-refractivity contribution in [3.05, 3.63) is 76.3 Å². The highest BCUT2D eigenvalue weighted by Crippen LogP contribution is 2.42. The third-order valence-electron chi connectivity index (χ3n) is 10.1. The molecule has 2 fully saturated rings. The maximum Gasteiger partial charge on any atom is 0.237 e. The molecule has 2 saturated heterocycles. The molecule has 2 aromatic carbocycles. The molecule has 2 atom stereocenters. The van der Waals surface area contributed by atoms with Crippen molar-refractivity contribution in [3.8, 4) is 45.4 Å². The fourth-order valence-corrected chi connectivity index (χ4v) is 7.65. The van der Waals surface area contributed by atoms with Crippen LogP contribution in [0.1, 0.15) is 49.0 Å². The fourth-order valence-electron chi connectivity index (χ4n) is 7.33. The van der Waals surface area contributed by atoms with Crippen LogP contribution in [-0.4, -0.2) is 89.6 Å². The van der Waals surface area contributed by atoms with Crippen LogP contribution in [0.4, 0.5) is 4.39 Å². The highest BCUT2D eigenvalue weighted by molar-refractivity contribution is 6.36. The van der Waals surface area contributed by atoms with Gasteiger partial charge in [-0.3, -0.25) is 19.5 Å². The summed E-state index contributed by atoms with van der Waals surface area (Å²) in [6.45, 7) is 5.60. The zero-order valence-electron chi connectivity index (χ0n) is 29.0. The lowest BCUT2D eigenvalue weighted by Crippen LogP contribution is -2.47. The van der Waals surface area contributed by atoms with Gasteiger partial charge in [-0.1, -0.05) is 41.9 Å². The topological polar surface area (TPSA) is 122 Å². The molecule has 7 rings (SSSR count). The van der Waals surface area contributed by atoms with E-state index in [4.69, 9.17) is 31.0 Å². The second kappa shape index (κ2) is 14.9. The van der Waals surface area contributed by atoms with E-state index in [0.717, 1.165) is 43.5 Å². The summed E-state index contributed by atoms with van der Waals surface area (Å²) >= 11 is 7.02. The standard InChI is InChI=1S/C38H41ClFN7O4/c1-22(48)47-16-14-46(15-17-47)21-32-37(50-2)45-31(20-42-32)27-8-4-6-25(35(27)39)26-7-5-9-28(36(26)40)30-18-23-10-12-29(34(23)38(44-30)51-3)41-19-24-11-13-33(49)43-24/h4-9,18,20,24,29,41H,10-17,19,21H2,1-3H3,(H,43,49). The van der Waals surface area contributed by atoms with Crippen molar-refractivity contribution >= 4 is 23.4 Å². The van der Waals surface area contributed by atoms with Gasteiger partial charge in [0.05, 0.1) is 36.8 Å². The van der Waals surface area contributed by atoms with Gasteiger partial charge in [-0.25, -0.2) is 14.4 Å². The largest absolute Gasteiger partial charge is 0.481 e. The monoisotopic (exact) mass is 713 g/mol. The van der Waals surface area contributed by atoms with Crippen molar-refractivity contribution in [3.63, 3.8) is 0 Å². The summed E-state index contributed by atoms with van der Waals surface area (Å²) in [6, 6.07) is 12.7. The smallest absolute Gasteiger partial charge is 0.237 e. The van der Waals surface area contributed by atoms with Gasteiger partial charge in [0.25, 0.3) is 0 Å². The van der Waals surface area contributed by atoms with Crippen molar-refractivity contribution in [2.75, 3.05) is 46.9 Å². The van der Waals surface area contributed by atoms with Crippen LogP contribution in [0.3, 0.4) is 0 Å². The van der Waals surface area contributed by atoms with Gasteiger partial charge in [0.1, 0.15) is 11.5 Å². The van der Waals surface area contributed by atoms with E-state index in [2.05, 4.69) is 20.5 Å². The molecule has 2 aromatic heterocycles. The number of ether oxygens (including phenoxy) is 2. The number of benzene rings is 2. The second-order valence-corrected chi connectivity index (χ2v) is 13.6. The summed E-state index contributed by atoms with van der Waals surface area (Å²) in [5.41, 5.74) is 5.50. The lowest BCUT2D eigenvalue weighted by atomic mass is 9.97. The van der Waals surface area contributed by atoms with E-state index in [1.165, 1.54) is 0 Å². The summed E-state index contributed by atoms with van der Waals surface area (Å²) in [5.74, 6) is 0.576. The van der Waals surface area contributed by atoms with Crippen LogP contribution in [0.5, 0.6) is 11.8 Å². The zero-order chi connectivity index (χ0) is 35.6. The summed E-state index contributed by atoms with van der Waals surface area (Å²) in [6.07, 6.45) is 4.69. The second-order valence-electron chi connectivity index (χ2n) is 13.2. The van der Waals surface area contributed by atoms with Crippen molar-refractivity contribution in [1.29, 1.82) is 0 Å². The van der Waals surface area contributed by atoms with Crippen LogP contribution in [0, 0.1) is 5.82 Å². The Morgan fingerprint density at radius 1 is 0.961 bits per heavy atom. The first-order chi connectivity index (χ1) is 24.7. The summed E-state index contributed by atoms with van der Waals surface area (Å²) in [4.78, 5) is 41.6. The number of carbonyl (C=O) groups is 2. The number of halogens is 2. The van der Waals surface area contributed by atoms with Crippen LogP contribution in [-0.2, 0) is 22.6 Å². The van der Waals surface area contributed by atoms with Crippen LogP contribution in [0.25, 0.3) is 33.6 Å². The number of nitrogens with one attached hydrogen (secondary N) is 2. The Morgan fingerprint density at radius 2 is 1.67 bits per heavy atom. The summed E-state index contributed by atoms with van der Waals surface area (Å²) in [7, 11) is 3.14. The predicted octanol–water partition coefficient (Wildman–Crippen LogP) is 5.20. The normalized spacial score (nSPS) is 18.8. The van der Waals surface area contributed by atoms with Crippen molar-refractivity contribution < 1.29 is 23.5 Å². The molecule has 2 aliphatic heterocycles. The number of amides is 2. The molecule has 11 nitrogen and oxygen atoms in total. The number of rotatable bonds is 10. The maximum atomic E-state index is 16.5. The lowest BCUT2D eigenvalue weighted by molar-refractivity contribution is -0.130. The summed E-state index contributed by atoms with van der Waals surface area (Å²) in [5, 5.41) is 6.92. The molecule has 3 aliphatic rings. The molecule has 266 valence electrons. The van der Waals surface area contributed by atoms with Crippen molar-refractivity contribution in [1.82, 2.24) is 35.4 Å². The first-order valence-electron chi connectivity index (χ1n) is 17.3. The number of piperazine rings is 1. The number of aryl methyl sites for hydroxylation is 1. The van der Waals surface area contributed by atoms with E-state index in [9.17, 15) is 9.59 Å². The number of carbonyl (C=O) groups excluding carboxylic acids is 2. The summed E-state index contributed by atoms with van der Waals surface area (Å²) < 4.78 is 27.9. The fraction of sp³-hybridized carbons (Fsp3) is 0.395. The van der Waals surface area contributed by atoms with E-state index >= 15 is 4.39 Å². The van der Waals surface area contributed by atoms with E-state index in [1.807, 2.05) is 23.1 Å². The van der Waals surface area contributed by atoms with E-state index in [-0.39, 0.29) is 23.9 Å². The van der Waals surface area contributed by atoms with E-state index in [1.54, 1.807) is 51.6 Å². The molecule has 0 radical (unpaired) electrons. The number of hydrogen-bond acceptors (Lipinski definition) is 9. The zero-order valence-corrected chi connectivity index (χ0v) is 29.7. The SMILES string of the molecule is COc1nc(-c2cccc(-c3cccc(-c4cc5c(c(OC)n4)C(NCC4CCC(=O)N4)CC5)c3F)c2Cl)cnc1CN1CCN(C(C)=O)CC1. The number of aromatic nitrogens is 3. The van der Waals surface area contributed by atoms with Crippen LogP contribution < -0.4 is 20.1 Å². The number of fused-ring (bicyclic) bond motifs is 1. The van der Waals surface area contributed by atoms with Gasteiger partial charge in [0.2, 0.25) is 23.6 Å². The first kappa shape index (κ1) is 34.8. The Bertz CT molecular complexity index is 1970. The van der Waals surface area contributed by atoms with Crippen molar-refractivity contribution in [2.45, 2.75) is 51.2 Å². The average molecular weight is 714 g/mol. The Balaban J connectivity index is 1.14. The van der Waals surface area contributed by atoms with Gasteiger partial charge >= 0.3 is 0 Å². The van der Waals surface area contributed by atoms with Gasteiger partial charge in [-0.05, 0) is 37.0 Å². The Kier molecular flexibility index (Phi) is 10.2. The maximum absolute atomic E-state index is 16.5. The highest BCUT2D eigenvalue weighted by atomic mass is 35.5. The average Bonchev–Trinajstić information content (AvgIpc) is 3.76. The molecule has 13 heteroatoms. The van der Waals surface area contributed by atoms with Gasteiger partial charge < -0.3 is 25.0 Å². The van der Waals surface area contributed by atoms with Crippen molar-refractivity contribution in [2.24, 2.45) is 0 Å². The number of pyridine rings is 1. The molecule has 4 heterocycles. The van der Waals surface area contributed by atoms with Crippen LogP contribution in [0.2, 0.25) is 5.02 Å². The molecule has 2 amide bonds. The molecular formula is C38H41ClFN7O4. The molecule has 4 aromatic rings.